The molecule has 478 valence electrons. The Morgan fingerprint density at radius 2 is 0.989 bits per heavy atom. The summed E-state index contributed by atoms with van der Waals surface area (Å²) in [5.74, 6) is -1.54. The summed E-state index contributed by atoms with van der Waals surface area (Å²) in [5, 5.41) is 11.9. The second kappa shape index (κ2) is 27.1. The number of nitrogens with zero attached hydrogens (tertiary/aromatic N) is 4. The maximum atomic E-state index is 15.7. The van der Waals surface area contributed by atoms with Gasteiger partial charge in [0.1, 0.15) is 12.2 Å². The number of fused-ring (bicyclic) bond motifs is 4. The van der Waals surface area contributed by atoms with Crippen LogP contribution in [0.5, 0.6) is 0 Å². The fourth-order valence-electron chi connectivity index (χ4n) is 14.0. The molecule has 0 radical (unpaired) electrons. The minimum Gasteiger partial charge on any atom is -0.445 e. The van der Waals surface area contributed by atoms with E-state index >= 15 is 4.39 Å². The summed E-state index contributed by atoms with van der Waals surface area (Å²) in [7, 11) is 0. The number of aromatic amines is 2. The number of hydrogen-bond acceptors (Lipinski definition) is 10. The lowest BCUT2D eigenvalue weighted by Gasteiger charge is -2.28. The minimum atomic E-state index is -0.872. The molecule has 4 atom stereocenters. The maximum absolute atomic E-state index is 15.7. The van der Waals surface area contributed by atoms with Gasteiger partial charge in [0.2, 0.25) is 10.9 Å². The lowest BCUT2D eigenvalue weighted by atomic mass is 9.95. The summed E-state index contributed by atoms with van der Waals surface area (Å²) in [5.41, 5.74) is 11.5. The van der Waals surface area contributed by atoms with Gasteiger partial charge in [0.15, 0.2) is 11.6 Å². The molecule has 0 aliphatic carbocycles. The Balaban J connectivity index is 0.000000187. The fourth-order valence-corrected chi connectivity index (χ4v) is 14.0. The molecule has 0 saturated carbocycles. The van der Waals surface area contributed by atoms with Crippen LogP contribution >= 0.6 is 27.0 Å². The molecule has 2 amide bonds. The van der Waals surface area contributed by atoms with Crippen LogP contribution in [0.4, 0.5) is 18.4 Å². The van der Waals surface area contributed by atoms with Gasteiger partial charge in [-0.3, -0.25) is 29.4 Å². The highest BCUT2D eigenvalue weighted by Gasteiger charge is 2.38. The number of amides is 2. The van der Waals surface area contributed by atoms with Crippen LogP contribution < -0.4 is 21.5 Å². The molecule has 0 bridgehead atoms. The number of carbonyl (C=O) groups excluding carboxylic acids is 2. The summed E-state index contributed by atoms with van der Waals surface area (Å²) in [6.45, 7) is 8.76. The maximum Gasteiger partial charge on any atom is 0.410 e. The first kappa shape index (κ1) is 64.4. The summed E-state index contributed by atoms with van der Waals surface area (Å²) in [4.78, 5) is 71.2. The number of benzene rings is 7. The number of H-pyrrole nitrogens is 2. The molecule has 6 aliphatic rings. The van der Waals surface area contributed by atoms with Gasteiger partial charge in [0.25, 0.3) is 0 Å². The van der Waals surface area contributed by atoms with Crippen molar-refractivity contribution in [1.82, 2.24) is 30.4 Å². The van der Waals surface area contributed by atoms with Crippen LogP contribution in [0.25, 0.3) is 76.8 Å². The van der Waals surface area contributed by atoms with Crippen molar-refractivity contribution in [3.8, 4) is 22.3 Å². The van der Waals surface area contributed by atoms with Crippen molar-refractivity contribution in [2.45, 2.75) is 121 Å². The molecule has 15 rings (SSSR count). The van der Waals surface area contributed by atoms with E-state index in [2.05, 4.69) is 87.3 Å². The van der Waals surface area contributed by atoms with E-state index in [0.717, 1.165) is 106 Å². The molecule has 4 N–H and O–H groups in total. The Hall–Kier alpha value is -8.68. The second-order valence-corrected chi connectivity index (χ2v) is 25.9. The van der Waals surface area contributed by atoms with Crippen molar-refractivity contribution in [1.29, 1.82) is 0 Å². The van der Waals surface area contributed by atoms with Crippen LogP contribution in [0, 0.1) is 11.6 Å². The molecular formula is C75H76F2N8O6S2. The molecule has 18 heteroatoms. The molecule has 0 spiro atoms. The number of rotatable bonds is 10. The highest BCUT2D eigenvalue weighted by atomic mass is 32.1. The van der Waals surface area contributed by atoms with E-state index in [1.54, 1.807) is 12.1 Å². The van der Waals surface area contributed by atoms with Crippen molar-refractivity contribution < 1.29 is 27.8 Å². The Bertz CT molecular complexity index is 4640. The van der Waals surface area contributed by atoms with Crippen molar-refractivity contribution in [2.24, 2.45) is 9.98 Å². The van der Waals surface area contributed by atoms with E-state index < -0.39 is 40.2 Å². The third-order valence-electron chi connectivity index (χ3n) is 18.7. The van der Waals surface area contributed by atoms with Crippen molar-refractivity contribution in [3.63, 3.8) is 0 Å². The number of likely N-dealkylation sites (tertiary alicyclic amines) is 2. The van der Waals surface area contributed by atoms with Gasteiger partial charge >= 0.3 is 12.2 Å². The molecule has 2 unspecified atom stereocenters. The lowest BCUT2D eigenvalue weighted by Crippen LogP contribution is -2.43. The number of allylic oxidation sites excluding steroid dienone is 2. The monoisotopic (exact) mass is 1290 g/mol. The zero-order valence-electron chi connectivity index (χ0n) is 52.3. The number of aromatic nitrogens is 2. The van der Waals surface area contributed by atoms with Crippen LogP contribution in [-0.2, 0) is 16.1 Å². The molecule has 4 saturated heterocycles. The highest BCUT2D eigenvalue weighted by Crippen LogP contribution is 2.38. The first-order valence-electron chi connectivity index (χ1n) is 31.9. The van der Waals surface area contributed by atoms with Crippen LogP contribution in [0.3, 0.4) is 0 Å². The van der Waals surface area contributed by atoms with Gasteiger partial charge < -0.3 is 30.1 Å². The van der Waals surface area contributed by atoms with Crippen molar-refractivity contribution in [2.75, 3.05) is 26.2 Å². The van der Waals surface area contributed by atoms with Crippen molar-refractivity contribution in [3.05, 3.63) is 212 Å². The molecular weight excluding hydrogens is 1210 g/mol. The Morgan fingerprint density at radius 1 is 0.527 bits per heavy atom. The SMILES string of the molecule is CC(C)(C)OC(=O)N1CCC[C@H]1C1=NC=C(c2ccc3cc(-c4ccc5c(=O)c(F)c(C6CCCN6C(=O)OCc6ccccc6)[nH]c5c4)ccc3c2)C1.O=c1c(F)c(C2CCCN2)[nH]c2cc(-c3ccc4cc(C5=CN=C([C@@H]6CCCN6)C5)ccc4c3)ccc12.S.S. The van der Waals surface area contributed by atoms with E-state index in [-0.39, 0.29) is 62.9 Å². The van der Waals surface area contributed by atoms with E-state index in [1.807, 2.05) is 98.7 Å². The zero-order valence-corrected chi connectivity index (χ0v) is 54.3. The molecule has 9 aromatic rings. The predicted octanol–water partition coefficient (Wildman–Crippen LogP) is 15.6. The molecule has 93 heavy (non-hydrogen) atoms. The number of aliphatic imine (C=N–C) groups is 2. The minimum absolute atomic E-state index is 0. The average Bonchev–Trinajstić information content (AvgIpc) is 1.17. The Morgan fingerprint density at radius 3 is 1.54 bits per heavy atom. The standard InChI is InChI=1S/C44H43FN4O5.C31H29FN4O.2H2S/c1-44(2,3)54-43(52)48-19-7-11-37(48)36-24-33(25-46-36)31-16-15-28-21-30(14-13-29(28)22-31)32-17-18-34-35(23-32)47-40(39(45)41(34)50)38-12-8-20-49(38)42(51)53-26-27-9-5-4-6-10-27;32-29-30(26-4-2-12-34-26)36-27-15-22(9-10-24(27)31(29)37)20-6-5-19-14-21(8-7-18(19)13-20)23-16-28(35-17-23)25-3-1-11-33-25;;/h4-6,9-10,13-18,21-23,25,37-38H,7-8,11-12,19-20,24,26H2,1-3H3,(H,47,50);5-10,13-15,17,25-26,33-34H,1-4,11-12,16H2,(H,36,37);2*1H2/t37-,38?;25-,26?;;/m00../s1. The third-order valence-corrected chi connectivity index (χ3v) is 18.7. The first-order valence-corrected chi connectivity index (χ1v) is 31.9. The van der Waals surface area contributed by atoms with Crippen LogP contribution in [0.1, 0.15) is 125 Å². The molecule has 6 aliphatic heterocycles. The average molecular weight is 1290 g/mol. The van der Waals surface area contributed by atoms with Crippen LogP contribution in [0.2, 0.25) is 0 Å². The Kier molecular flexibility index (Phi) is 18.8. The van der Waals surface area contributed by atoms with E-state index in [0.29, 0.717) is 60.5 Å². The zero-order chi connectivity index (χ0) is 62.5. The first-order chi connectivity index (χ1) is 44.2. The Labute approximate surface area is 552 Å². The summed E-state index contributed by atoms with van der Waals surface area (Å²) in [6, 6.07) is 45.5. The van der Waals surface area contributed by atoms with Gasteiger partial charge in [0.05, 0.1) is 40.5 Å². The van der Waals surface area contributed by atoms with Gasteiger partial charge in [-0.05, 0) is 205 Å². The van der Waals surface area contributed by atoms with E-state index in [4.69, 9.17) is 19.5 Å². The van der Waals surface area contributed by atoms with Gasteiger partial charge in [-0.15, -0.1) is 0 Å². The van der Waals surface area contributed by atoms with E-state index in [9.17, 15) is 23.6 Å². The van der Waals surface area contributed by atoms with Crippen molar-refractivity contribution >= 4 is 105 Å². The third kappa shape index (κ3) is 13.3. The topological polar surface area (TPSA) is 174 Å². The van der Waals surface area contributed by atoms with Gasteiger partial charge in [-0.2, -0.15) is 27.0 Å². The number of carbonyl (C=O) groups is 2. The highest BCUT2D eigenvalue weighted by molar-refractivity contribution is 7.59. The largest absolute Gasteiger partial charge is 0.445 e. The molecule has 4 fully saturated rings. The number of pyridine rings is 2. The fraction of sp³-hybridized carbons (Fsp3) is 0.307. The predicted molar refractivity (Wildman–Crippen MR) is 378 cm³/mol. The smallest absolute Gasteiger partial charge is 0.410 e. The second-order valence-electron chi connectivity index (χ2n) is 25.9. The number of halogens is 2. The number of hydrogen-bond donors (Lipinski definition) is 4. The molecule has 14 nitrogen and oxygen atoms in total. The lowest BCUT2D eigenvalue weighted by molar-refractivity contribution is 0.0265. The molecule has 8 heterocycles. The summed E-state index contributed by atoms with van der Waals surface area (Å²) >= 11 is 0. The summed E-state index contributed by atoms with van der Waals surface area (Å²) in [6.07, 6.45) is 11.9. The van der Waals surface area contributed by atoms with Gasteiger partial charge in [0, 0.05) is 66.6 Å². The van der Waals surface area contributed by atoms with Crippen LogP contribution in [0.15, 0.2) is 172 Å². The molecule has 2 aromatic heterocycles. The van der Waals surface area contributed by atoms with Crippen LogP contribution in [-0.4, -0.2) is 87.2 Å². The van der Waals surface area contributed by atoms with Gasteiger partial charge in [-0.25, -0.2) is 18.4 Å². The number of ether oxygens (including phenoxy) is 2. The van der Waals surface area contributed by atoms with Gasteiger partial charge in [-0.1, -0.05) is 91.0 Å². The summed E-state index contributed by atoms with van der Waals surface area (Å²) < 4.78 is 41.7. The quantitative estimate of drug-likeness (QED) is 0.105. The normalized spacial score (nSPS) is 19.5. The van der Waals surface area contributed by atoms with E-state index in [1.165, 1.54) is 40.0 Å². The number of nitrogens with one attached hydrogen (secondary N) is 4. The molecule has 7 aromatic carbocycles.